The Morgan fingerprint density at radius 3 is 2.88 bits per heavy atom. The monoisotopic (exact) mass is 482 g/mol. The van der Waals surface area contributed by atoms with Crippen molar-refractivity contribution < 1.29 is 13.6 Å². The summed E-state index contributed by atoms with van der Waals surface area (Å²) in [6, 6.07) is 11.8. The van der Waals surface area contributed by atoms with E-state index in [-0.39, 0.29) is 11.7 Å². The molecule has 33 heavy (non-hydrogen) atoms. The molecular formula is C22H19FN6O2S2. The second-order valence-corrected chi connectivity index (χ2v) is 9.20. The fourth-order valence-corrected chi connectivity index (χ4v) is 4.76. The van der Waals surface area contributed by atoms with Gasteiger partial charge in [0.05, 0.1) is 29.8 Å². The molecule has 1 aromatic carbocycles. The summed E-state index contributed by atoms with van der Waals surface area (Å²) >= 11 is 2.57. The Hall–Kier alpha value is -3.62. The third kappa shape index (κ3) is 5.08. The number of benzene rings is 1. The molecule has 4 rings (SSSR count). The number of hydrogen-bond acceptors (Lipinski definition) is 8. The highest BCUT2D eigenvalue weighted by Crippen LogP contribution is 2.31. The second-order valence-electron chi connectivity index (χ2n) is 7.00. The van der Waals surface area contributed by atoms with E-state index < -0.39 is 5.82 Å². The Labute approximate surface area is 197 Å². The van der Waals surface area contributed by atoms with Crippen LogP contribution in [0.5, 0.6) is 0 Å². The molecule has 3 heterocycles. The lowest BCUT2D eigenvalue weighted by Crippen LogP contribution is -2.17. The lowest BCUT2D eigenvalue weighted by molar-refractivity contribution is -0.113. The molecule has 0 saturated carbocycles. The molecule has 1 amide bonds. The van der Waals surface area contributed by atoms with Gasteiger partial charge in [0.1, 0.15) is 23.5 Å². The number of anilines is 2. The summed E-state index contributed by atoms with van der Waals surface area (Å²) in [5.74, 6) is 0.453. The maximum Gasteiger partial charge on any atom is 0.235 e. The Balaban J connectivity index is 1.45. The predicted octanol–water partition coefficient (Wildman–Crippen LogP) is 4.89. The summed E-state index contributed by atoms with van der Waals surface area (Å²) < 4.78 is 21.4. The molecule has 8 nitrogen and oxygen atoms in total. The standard InChI is InChI=1S/C22H19FN6O2S2/c1-13-14(2)29(16-6-3-5-15(23)9-16)20(18(13)10-24)26-19(30)12-32-22-28-27-21(33-22)25-11-17-7-4-8-31-17/h3-9H,11-12H2,1-2H3,(H,25,27)(H,26,30). The molecule has 0 atom stereocenters. The fourth-order valence-electron chi connectivity index (χ4n) is 3.21. The number of nitrogens with zero attached hydrogens (tertiary/aromatic N) is 4. The Morgan fingerprint density at radius 1 is 1.30 bits per heavy atom. The third-order valence-electron chi connectivity index (χ3n) is 4.88. The van der Waals surface area contributed by atoms with Crippen LogP contribution in [0.1, 0.15) is 22.6 Å². The van der Waals surface area contributed by atoms with Crippen molar-refractivity contribution >= 4 is 40.0 Å². The first-order valence-corrected chi connectivity index (χ1v) is 11.7. The average molecular weight is 483 g/mol. The van der Waals surface area contributed by atoms with Crippen LogP contribution in [0.4, 0.5) is 15.3 Å². The van der Waals surface area contributed by atoms with E-state index in [4.69, 9.17) is 4.42 Å². The Kier molecular flexibility index (Phi) is 6.76. The van der Waals surface area contributed by atoms with Crippen molar-refractivity contribution in [1.82, 2.24) is 14.8 Å². The minimum atomic E-state index is -0.405. The Bertz CT molecular complexity index is 1320. The van der Waals surface area contributed by atoms with Crippen LogP contribution in [0.2, 0.25) is 0 Å². The second kappa shape index (κ2) is 9.89. The van der Waals surface area contributed by atoms with E-state index in [0.717, 1.165) is 17.0 Å². The van der Waals surface area contributed by atoms with E-state index in [1.807, 2.05) is 19.1 Å². The summed E-state index contributed by atoms with van der Waals surface area (Å²) in [5, 5.41) is 24.4. The molecule has 0 spiro atoms. The highest BCUT2D eigenvalue weighted by Gasteiger charge is 2.21. The molecular weight excluding hydrogens is 463 g/mol. The minimum Gasteiger partial charge on any atom is -0.467 e. The van der Waals surface area contributed by atoms with Gasteiger partial charge in [-0.1, -0.05) is 29.2 Å². The number of hydrogen-bond donors (Lipinski definition) is 2. The smallest absolute Gasteiger partial charge is 0.235 e. The number of aromatic nitrogens is 3. The van der Waals surface area contributed by atoms with E-state index in [1.165, 1.54) is 35.2 Å². The van der Waals surface area contributed by atoms with E-state index in [1.54, 1.807) is 29.9 Å². The zero-order chi connectivity index (χ0) is 23.4. The van der Waals surface area contributed by atoms with Crippen molar-refractivity contribution in [2.75, 3.05) is 16.4 Å². The molecule has 0 unspecified atom stereocenters. The van der Waals surface area contributed by atoms with E-state index in [0.29, 0.717) is 33.1 Å². The van der Waals surface area contributed by atoms with Gasteiger partial charge in [0.25, 0.3) is 0 Å². The van der Waals surface area contributed by atoms with Crippen LogP contribution < -0.4 is 10.6 Å². The predicted molar refractivity (Wildman–Crippen MR) is 125 cm³/mol. The van der Waals surface area contributed by atoms with Crippen molar-refractivity contribution in [1.29, 1.82) is 5.26 Å². The number of halogens is 1. The molecule has 0 aliphatic rings. The summed E-state index contributed by atoms with van der Waals surface area (Å²) in [6.07, 6.45) is 1.60. The van der Waals surface area contributed by atoms with Crippen molar-refractivity contribution in [3.63, 3.8) is 0 Å². The lowest BCUT2D eigenvalue weighted by Gasteiger charge is -2.13. The molecule has 0 aliphatic carbocycles. The molecule has 168 valence electrons. The lowest BCUT2D eigenvalue weighted by atomic mass is 10.2. The van der Waals surface area contributed by atoms with Crippen LogP contribution in [0.15, 0.2) is 51.4 Å². The molecule has 0 fully saturated rings. The SMILES string of the molecule is Cc1c(C#N)c(NC(=O)CSc2nnc(NCc3ccco3)s2)n(-c2cccc(F)c2)c1C. The highest BCUT2D eigenvalue weighted by atomic mass is 32.2. The van der Waals surface area contributed by atoms with Crippen molar-refractivity contribution in [3.8, 4) is 11.8 Å². The number of nitriles is 1. The number of nitrogens with one attached hydrogen (secondary N) is 2. The van der Waals surface area contributed by atoms with Crippen LogP contribution in [-0.2, 0) is 11.3 Å². The zero-order valence-corrected chi connectivity index (χ0v) is 19.4. The molecule has 0 aliphatic heterocycles. The van der Waals surface area contributed by atoms with Gasteiger partial charge < -0.3 is 15.1 Å². The highest BCUT2D eigenvalue weighted by molar-refractivity contribution is 8.01. The summed E-state index contributed by atoms with van der Waals surface area (Å²) in [7, 11) is 0. The summed E-state index contributed by atoms with van der Waals surface area (Å²) in [5.41, 5.74) is 2.34. The van der Waals surface area contributed by atoms with Crippen LogP contribution in [0.25, 0.3) is 5.69 Å². The first kappa shape index (κ1) is 22.6. The van der Waals surface area contributed by atoms with Gasteiger partial charge in [0.15, 0.2) is 4.34 Å². The number of amides is 1. The van der Waals surface area contributed by atoms with E-state index in [2.05, 4.69) is 26.9 Å². The van der Waals surface area contributed by atoms with Crippen LogP contribution in [-0.4, -0.2) is 26.4 Å². The molecule has 4 aromatic rings. The Morgan fingerprint density at radius 2 is 2.15 bits per heavy atom. The number of carbonyl (C=O) groups is 1. The largest absolute Gasteiger partial charge is 0.467 e. The van der Waals surface area contributed by atoms with Gasteiger partial charge in [-0.15, -0.1) is 10.2 Å². The number of rotatable bonds is 8. The minimum absolute atomic E-state index is 0.0735. The van der Waals surface area contributed by atoms with Gasteiger partial charge >= 0.3 is 0 Å². The summed E-state index contributed by atoms with van der Waals surface area (Å²) in [6.45, 7) is 4.11. The number of thioether (sulfide) groups is 1. The van der Waals surface area contributed by atoms with E-state index in [9.17, 15) is 14.4 Å². The van der Waals surface area contributed by atoms with Crippen molar-refractivity contribution in [2.24, 2.45) is 0 Å². The van der Waals surface area contributed by atoms with Gasteiger partial charge in [0.2, 0.25) is 11.0 Å². The van der Waals surface area contributed by atoms with Crippen LogP contribution >= 0.6 is 23.1 Å². The number of furan rings is 1. The zero-order valence-electron chi connectivity index (χ0n) is 17.8. The quantitative estimate of drug-likeness (QED) is 0.344. The molecule has 3 aromatic heterocycles. The van der Waals surface area contributed by atoms with Gasteiger partial charge in [-0.25, -0.2) is 4.39 Å². The topological polar surface area (TPSA) is 109 Å². The van der Waals surface area contributed by atoms with Crippen LogP contribution in [0, 0.1) is 31.0 Å². The molecule has 11 heteroatoms. The fraction of sp³-hybridized carbons (Fsp3) is 0.182. The maximum atomic E-state index is 13.8. The maximum absolute atomic E-state index is 13.8. The van der Waals surface area contributed by atoms with E-state index >= 15 is 0 Å². The first-order valence-electron chi connectivity index (χ1n) is 9.86. The molecule has 2 N–H and O–H groups in total. The van der Waals surface area contributed by atoms with Gasteiger partial charge in [-0.2, -0.15) is 5.26 Å². The van der Waals surface area contributed by atoms with Crippen LogP contribution in [0.3, 0.4) is 0 Å². The normalized spacial score (nSPS) is 10.7. The van der Waals surface area contributed by atoms with Crippen molar-refractivity contribution in [2.45, 2.75) is 24.7 Å². The van der Waals surface area contributed by atoms with Gasteiger partial charge in [-0.3, -0.25) is 9.36 Å². The van der Waals surface area contributed by atoms with Gasteiger partial charge in [-0.05, 0) is 49.7 Å². The van der Waals surface area contributed by atoms with Gasteiger partial charge in [0, 0.05) is 5.69 Å². The first-order chi connectivity index (χ1) is 16.0. The molecule has 0 saturated heterocycles. The van der Waals surface area contributed by atoms with Crippen molar-refractivity contribution in [3.05, 3.63) is 71.1 Å². The molecule has 0 bridgehead atoms. The average Bonchev–Trinajstić information content (AvgIpc) is 3.52. The number of carbonyl (C=O) groups excluding carboxylic acids is 1. The third-order valence-corrected chi connectivity index (χ3v) is 6.89. The molecule has 0 radical (unpaired) electrons. The summed E-state index contributed by atoms with van der Waals surface area (Å²) in [4.78, 5) is 12.7.